The first-order valence-electron chi connectivity index (χ1n) is 8.50. The van der Waals surface area contributed by atoms with Crippen LogP contribution in [0.3, 0.4) is 0 Å². The summed E-state index contributed by atoms with van der Waals surface area (Å²) in [7, 11) is 1.39. The van der Waals surface area contributed by atoms with Crippen molar-refractivity contribution in [2.24, 2.45) is 0 Å². The zero-order chi connectivity index (χ0) is 16.8. The molecule has 0 saturated heterocycles. The van der Waals surface area contributed by atoms with Gasteiger partial charge in [-0.1, -0.05) is 58.9 Å². The van der Waals surface area contributed by atoms with Gasteiger partial charge in [-0.05, 0) is 31.0 Å². The third-order valence-corrected chi connectivity index (χ3v) is 3.36. The zero-order valence-electron chi connectivity index (χ0n) is 14.9. The molecule has 0 amide bonds. The Hall–Kier alpha value is -1.51. The van der Waals surface area contributed by atoms with E-state index >= 15 is 0 Å². The van der Waals surface area contributed by atoms with Crippen molar-refractivity contribution in [2.75, 3.05) is 13.7 Å². The number of hydrogen-bond donors (Lipinski definition) is 0. The quantitative estimate of drug-likeness (QED) is 0.443. The molecule has 0 aliphatic heterocycles. The van der Waals surface area contributed by atoms with Gasteiger partial charge in [0, 0.05) is 0 Å². The molecule has 0 spiro atoms. The zero-order valence-corrected chi connectivity index (χ0v) is 14.9. The van der Waals surface area contributed by atoms with Gasteiger partial charge in [0.2, 0.25) is 0 Å². The fraction of sp³-hybridized carbons (Fsp3) is 0.632. The van der Waals surface area contributed by atoms with Crippen molar-refractivity contribution >= 4 is 5.97 Å². The SMILES string of the molecule is CC.CCCCCCCCOc1cc(C(=O)OC)ccc1C. The van der Waals surface area contributed by atoms with Gasteiger partial charge in [-0.15, -0.1) is 0 Å². The second-order valence-corrected chi connectivity index (χ2v) is 5.09. The van der Waals surface area contributed by atoms with E-state index < -0.39 is 0 Å². The Kier molecular flexibility index (Phi) is 12.3. The van der Waals surface area contributed by atoms with Gasteiger partial charge >= 0.3 is 5.97 Å². The van der Waals surface area contributed by atoms with Crippen molar-refractivity contribution in [3.63, 3.8) is 0 Å². The van der Waals surface area contributed by atoms with Crippen LogP contribution in [-0.2, 0) is 4.74 Å². The van der Waals surface area contributed by atoms with Gasteiger partial charge in [0.15, 0.2) is 0 Å². The Morgan fingerprint density at radius 3 is 2.32 bits per heavy atom. The van der Waals surface area contributed by atoms with Crippen LogP contribution in [-0.4, -0.2) is 19.7 Å². The molecule has 0 radical (unpaired) electrons. The number of carbonyl (C=O) groups excluding carboxylic acids is 1. The number of carbonyl (C=O) groups is 1. The molecule has 0 aromatic heterocycles. The lowest BCUT2D eigenvalue weighted by Gasteiger charge is -2.10. The second-order valence-electron chi connectivity index (χ2n) is 5.09. The highest BCUT2D eigenvalue weighted by Crippen LogP contribution is 2.20. The summed E-state index contributed by atoms with van der Waals surface area (Å²) in [5.74, 6) is 0.455. The van der Waals surface area contributed by atoms with E-state index in [-0.39, 0.29) is 5.97 Å². The topological polar surface area (TPSA) is 35.5 Å². The van der Waals surface area contributed by atoms with Crippen LogP contribution in [0.1, 0.15) is 75.2 Å². The van der Waals surface area contributed by atoms with Gasteiger partial charge in [-0.25, -0.2) is 4.79 Å². The van der Waals surface area contributed by atoms with Crippen molar-refractivity contribution in [3.8, 4) is 5.75 Å². The van der Waals surface area contributed by atoms with E-state index in [0.29, 0.717) is 12.2 Å². The van der Waals surface area contributed by atoms with Crippen molar-refractivity contribution < 1.29 is 14.3 Å². The molecule has 3 nitrogen and oxygen atoms in total. The number of aryl methyl sites for hydroxylation is 1. The minimum Gasteiger partial charge on any atom is -0.493 e. The molecule has 0 aliphatic carbocycles. The molecule has 0 N–H and O–H groups in total. The van der Waals surface area contributed by atoms with E-state index in [9.17, 15) is 4.79 Å². The van der Waals surface area contributed by atoms with Crippen LogP contribution in [0, 0.1) is 6.92 Å². The standard InChI is InChI=1S/C17H26O3.C2H6/c1-4-5-6-7-8-9-12-20-16-13-15(17(18)19-3)11-10-14(16)2;1-2/h10-11,13H,4-9,12H2,1-3H3;1-2H3. The van der Waals surface area contributed by atoms with E-state index in [2.05, 4.69) is 6.92 Å². The van der Waals surface area contributed by atoms with E-state index in [1.54, 1.807) is 12.1 Å². The summed E-state index contributed by atoms with van der Waals surface area (Å²) in [6, 6.07) is 5.42. The molecule has 3 heteroatoms. The number of rotatable bonds is 9. The van der Waals surface area contributed by atoms with Crippen molar-refractivity contribution in [3.05, 3.63) is 29.3 Å². The molecule has 126 valence electrons. The minimum atomic E-state index is -0.325. The van der Waals surface area contributed by atoms with E-state index in [4.69, 9.17) is 9.47 Å². The Morgan fingerprint density at radius 1 is 1.05 bits per heavy atom. The lowest BCUT2D eigenvalue weighted by Crippen LogP contribution is -2.04. The summed E-state index contributed by atoms with van der Waals surface area (Å²) >= 11 is 0. The Bertz CT molecular complexity index is 413. The van der Waals surface area contributed by atoms with Gasteiger partial charge in [0.05, 0.1) is 19.3 Å². The van der Waals surface area contributed by atoms with Gasteiger partial charge < -0.3 is 9.47 Å². The number of unbranched alkanes of at least 4 members (excludes halogenated alkanes) is 5. The molecule has 1 rings (SSSR count). The fourth-order valence-electron chi connectivity index (χ4n) is 2.06. The molecular weight excluding hydrogens is 276 g/mol. The van der Waals surface area contributed by atoms with Crippen LogP contribution in [0.2, 0.25) is 0 Å². The molecule has 0 saturated carbocycles. The molecule has 22 heavy (non-hydrogen) atoms. The van der Waals surface area contributed by atoms with Crippen LogP contribution >= 0.6 is 0 Å². The maximum atomic E-state index is 11.5. The highest BCUT2D eigenvalue weighted by atomic mass is 16.5. The average Bonchev–Trinajstić information content (AvgIpc) is 2.56. The number of hydrogen-bond acceptors (Lipinski definition) is 3. The molecule has 0 atom stereocenters. The predicted octanol–water partition coefficient (Wildman–Crippen LogP) is 5.55. The first-order valence-corrected chi connectivity index (χ1v) is 8.50. The van der Waals surface area contributed by atoms with Crippen LogP contribution in [0.15, 0.2) is 18.2 Å². The Morgan fingerprint density at radius 2 is 1.68 bits per heavy atom. The Balaban J connectivity index is 0.00000211. The van der Waals surface area contributed by atoms with Crippen molar-refractivity contribution in [2.45, 2.75) is 66.2 Å². The van der Waals surface area contributed by atoms with Crippen LogP contribution in [0.5, 0.6) is 5.75 Å². The maximum Gasteiger partial charge on any atom is 0.337 e. The number of ether oxygens (including phenoxy) is 2. The summed E-state index contributed by atoms with van der Waals surface area (Å²) < 4.78 is 10.5. The highest BCUT2D eigenvalue weighted by molar-refractivity contribution is 5.89. The molecule has 0 fully saturated rings. The second kappa shape index (κ2) is 13.2. The molecule has 0 heterocycles. The highest BCUT2D eigenvalue weighted by Gasteiger charge is 2.08. The smallest absolute Gasteiger partial charge is 0.337 e. The van der Waals surface area contributed by atoms with Gasteiger partial charge in [0.1, 0.15) is 5.75 Å². The maximum absolute atomic E-state index is 11.5. The van der Waals surface area contributed by atoms with Gasteiger partial charge in [0.25, 0.3) is 0 Å². The van der Waals surface area contributed by atoms with Crippen LogP contribution in [0.25, 0.3) is 0 Å². The summed E-state index contributed by atoms with van der Waals surface area (Å²) in [5, 5.41) is 0. The van der Waals surface area contributed by atoms with Crippen LogP contribution in [0.4, 0.5) is 0 Å². The third-order valence-electron chi connectivity index (χ3n) is 3.36. The summed E-state index contributed by atoms with van der Waals surface area (Å²) in [6.07, 6.45) is 7.45. The molecule has 1 aromatic carbocycles. The largest absolute Gasteiger partial charge is 0.493 e. The molecule has 1 aromatic rings. The number of benzene rings is 1. The van der Waals surface area contributed by atoms with E-state index in [0.717, 1.165) is 17.7 Å². The van der Waals surface area contributed by atoms with Gasteiger partial charge in [-0.3, -0.25) is 0 Å². The summed E-state index contributed by atoms with van der Waals surface area (Å²) in [6.45, 7) is 8.91. The van der Waals surface area contributed by atoms with E-state index in [1.165, 1.54) is 39.2 Å². The molecule has 0 unspecified atom stereocenters. The number of esters is 1. The van der Waals surface area contributed by atoms with Crippen molar-refractivity contribution in [1.82, 2.24) is 0 Å². The summed E-state index contributed by atoms with van der Waals surface area (Å²) in [5.41, 5.74) is 1.58. The number of methoxy groups -OCH3 is 1. The normalized spacial score (nSPS) is 9.68. The summed E-state index contributed by atoms with van der Waals surface area (Å²) in [4.78, 5) is 11.5. The van der Waals surface area contributed by atoms with Gasteiger partial charge in [-0.2, -0.15) is 0 Å². The first kappa shape index (κ1) is 20.5. The lowest BCUT2D eigenvalue weighted by atomic mass is 10.1. The Labute approximate surface area is 136 Å². The van der Waals surface area contributed by atoms with E-state index in [1.807, 2.05) is 26.8 Å². The van der Waals surface area contributed by atoms with Crippen LogP contribution < -0.4 is 4.74 Å². The first-order chi connectivity index (χ1) is 10.7. The molecule has 0 bridgehead atoms. The third kappa shape index (κ3) is 8.06. The lowest BCUT2D eigenvalue weighted by molar-refractivity contribution is 0.0600. The average molecular weight is 308 g/mol. The van der Waals surface area contributed by atoms with Crippen molar-refractivity contribution in [1.29, 1.82) is 0 Å². The molecule has 0 aliphatic rings. The minimum absolute atomic E-state index is 0.325. The molecular formula is C19H32O3. The fourth-order valence-corrected chi connectivity index (χ4v) is 2.06. The predicted molar refractivity (Wildman–Crippen MR) is 92.7 cm³/mol. The monoisotopic (exact) mass is 308 g/mol.